The zero-order valence-corrected chi connectivity index (χ0v) is 51.1. The fourth-order valence-electron chi connectivity index (χ4n) is 14.8. The molecule has 0 unspecified atom stereocenters. The van der Waals surface area contributed by atoms with E-state index in [1.807, 2.05) is 24.3 Å². The predicted octanol–water partition coefficient (Wildman–Crippen LogP) is 19.6. The molecule has 3 saturated carbocycles. The number of hydrogen-bond donors (Lipinski definition) is 0. The normalized spacial score (nSPS) is 15.1. The lowest BCUT2D eigenvalue weighted by molar-refractivity contribution is -0.660. The summed E-state index contributed by atoms with van der Waals surface area (Å²) < 4.78 is 25.4. The van der Waals surface area contributed by atoms with Gasteiger partial charge in [-0.2, -0.15) is 10.5 Å². The van der Waals surface area contributed by atoms with Crippen LogP contribution in [0, 0.1) is 50.0 Å². The summed E-state index contributed by atoms with van der Waals surface area (Å²) in [7, 11) is 6.18. The molecule has 87 heavy (non-hydrogen) atoms. The van der Waals surface area contributed by atoms with Crippen molar-refractivity contribution in [3.63, 3.8) is 0 Å². The number of furan rings is 3. The number of aryl methyl sites for hydroxylation is 6. The molecule has 0 radical (unpaired) electrons. The van der Waals surface area contributed by atoms with Gasteiger partial charge in [-0.05, 0) is 189 Å². The maximum Gasteiger partial charge on any atom is 0.232 e. The van der Waals surface area contributed by atoms with Crippen LogP contribution in [0.2, 0.25) is 0 Å². The van der Waals surface area contributed by atoms with Crippen LogP contribution in [0.15, 0.2) is 159 Å². The molecule has 6 heterocycles. The van der Waals surface area contributed by atoms with E-state index in [4.69, 9.17) is 19.8 Å². The van der Waals surface area contributed by atoms with Gasteiger partial charge in [-0.1, -0.05) is 69.9 Å². The van der Waals surface area contributed by atoms with Crippen LogP contribution in [0.3, 0.4) is 0 Å². The molecule has 6 aromatic carbocycles. The Labute approximate surface area is 510 Å². The molecule has 3 fully saturated rings. The van der Waals surface area contributed by atoms with Crippen molar-refractivity contribution >= 4 is 71.5 Å². The predicted molar refractivity (Wildman–Crippen MR) is 348 cm³/mol. The zero-order chi connectivity index (χ0) is 59.9. The molecule has 12 aromatic rings. The third kappa shape index (κ3) is 10.8. The molecule has 6 aromatic heterocycles. The smallest absolute Gasteiger partial charge is 0.232 e. The number of nitriles is 2. The second-order valence-electron chi connectivity index (χ2n) is 25.0. The van der Waals surface area contributed by atoms with Crippen LogP contribution < -0.4 is 13.7 Å². The summed E-state index contributed by atoms with van der Waals surface area (Å²) in [5, 5.41) is 26.0. The molecule has 0 atom stereocenters. The van der Waals surface area contributed by atoms with Crippen molar-refractivity contribution in [1.29, 1.82) is 10.5 Å². The number of fused-ring (bicyclic) bond motifs is 9. The third-order valence-corrected chi connectivity index (χ3v) is 19.4. The van der Waals surface area contributed by atoms with Crippen LogP contribution in [0.1, 0.15) is 159 Å². The summed E-state index contributed by atoms with van der Waals surface area (Å²) in [6, 6.07) is 49.4. The Kier molecular flexibility index (Phi) is 15.8. The highest BCUT2D eigenvalue weighted by Gasteiger charge is 2.27. The van der Waals surface area contributed by atoms with E-state index >= 15 is 0 Å². The largest absolute Gasteiger partial charge is 0.467 e. The van der Waals surface area contributed by atoms with Crippen molar-refractivity contribution in [2.75, 3.05) is 0 Å². The number of nitrogens with zero attached hydrogens (tertiary/aromatic N) is 6. The Balaban J connectivity index is 0.000000121. The van der Waals surface area contributed by atoms with E-state index in [1.165, 1.54) is 135 Å². The Bertz CT molecular complexity index is 4680. The van der Waals surface area contributed by atoms with Crippen LogP contribution in [0.5, 0.6) is 0 Å². The fraction of sp³-hybridized carbons (Fsp3) is 0.308. The lowest BCUT2D eigenvalue weighted by Gasteiger charge is -2.23. The van der Waals surface area contributed by atoms with E-state index in [1.54, 1.807) is 0 Å². The average Bonchev–Trinajstić information content (AvgIpc) is 1.72. The van der Waals surface area contributed by atoms with E-state index in [9.17, 15) is 10.5 Å². The highest BCUT2D eigenvalue weighted by molar-refractivity contribution is 6.12. The van der Waals surface area contributed by atoms with E-state index in [-0.39, 0.29) is 0 Å². The van der Waals surface area contributed by atoms with Crippen LogP contribution in [0.25, 0.3) is 104 Å². The van der Waals surface area contributed by atoms with Gasteiger partial charge in [0.25, 0.3) is 0 Å². The second-order valence-corrected chi connectivity index (χ2v) is 25.0. The molecular weight excluding hydrogens is 1070 g/mol. The first-order valence-corrected chi connectivity index (χ1v) is 31.5. The highest BCUT2D eigenvalue weighted by Crippen LogP contribution is 2.46. The first-order valence-electron chi connectivity index (χ1n) is 31.5. The standard InChI is InChI=1S/3C26H25N2O/c1-17-15-22-20-13-12-19(18-9-5-4-6-10-18)25(27-2)26(20)29-24(22)16-21(17)23-11-7-8-14-28(23)3;1-17-12-22-23-13-19(16-27)21(18-8-4-3-5-9-18)15-26(23)29-25(22)14-20(17)24-10-6-7-11-28(24)2;1-17-12-22-24(15-21(17)23-10-6-7-11-28(23)2)29-25-14-19(13-20(16-27)26(22)25)18-8-4-3-5-9-18/h7-8,11-16,18H,4-6,9-10H2,1,3H3;2*6-7,10-15,18H,3-5,8-9H2,1-2H3/q3*+1. The maximum absolute atomic E-state index is 9.88. The molecule has 0 bridgehead atoms. The van der Waals surface area contributed by atoms with E-state index < -0.39 is 0 Å². The first-order chi connectivity index (χ1) is 42.5. The van der Waals surface area contributed by atoms with E-state index in [2.05, 4.69) is 194 Å². The molecule has 432 valence electrons. The van der Waals surface area contributed by atoms with Gasteiger partial charge in [0, 0.05) is 68.7 Å². The minimum atomic E-state index is 0.483. The van der Waals surface area contributed by atoms with Crippen molar-refractivity contribution in [2.24, 2.45) is 21.1 Å². The monoisotopic (exact) mass is 1140 g/mol. The number of aromatic nitrogens is 3. The van der Waals surface area contributed by atoms with Crippen molar-refractivity contribution in [2.45, 2.75) is 135 Å². The number of rotatable bonds is 6. The zero-order valence-electron chi connectivity index (χ0n) is 51.1. The van der Waals surface area contributed by atoms with Crippen LogP contribution >= 0.6 is 0 Å². The number of benzene rings is 6. The summed E-state index contributed by atoms with van der Waals surface area (Å²) in [4.78, 5) is 3.94. The summed E-state index contributed by atoms with van der Waals surface area (Å²) in [5.41, 5.74) is 21.5. The second kappa shape index (κ2) is 24.2. The van der Waals surface area contributed by atoms with Gasteiger partial charge in [-0.15, -0.1) is 0 Å². The minimum Gasteiger partial charge on any atom is -0.467 e. The van der Waals surface area contributed by atoms with E-state index in [0.29, 0.717) is 17.8 Å². The van der Waals surface area contributed by atoms with Gasteiger partial charge in [0.2, 0.25) is 22.8 Å². The SMILES string of the molecule is Cc1cc2c(cc1-c1cccc[n+]1C)oc1cc(C3CCCCC3)c(C#N)cc12.Cc1cc2c(cc1-c1cccc[n+]1C)oc1cc(C3CCCCC3)cc(C#N)c12.[C-]#[N+]c1c(C2CCCCC2)ccc2c1oc1cc(-c3cccc[n+]3C)c(C)cc12. The highest BCUT2D eigenvalue weighted by atomic mass is 16.3. The molecule has 9 nitrogen and oxygen atoms in total. The average molecular weight is 1140 g/mol. The van der Waals surface area contributed by atoms with Gasteiger partial charge in [0.15, 0.2) is 18.6 Å². The van der Waals surface area contributed by atoms with Crippen molar-refractivity contribution in [3.8, 4) is 45.9 Å². The lowest BCUT2D eigenvalue weighted by Crippen LogP contribution is -2.30. The van der Waals surface area contributed by atoms with Crippen LogP contribution in [-0.4, -0.2) is 0 Å². The minimum absolute atomic E-state index is 0.483. The van der Waals surface area contributed by atoms with Gasteiger partial charge < -0.3 is 13.3 Å². The van der Waals surface area contributed by atoms with Crippen LogP contribution in [-0.2, 0) is 21.1 Å². The molecule has 0 saturated heterocycles. The Morgan fingerprint density at radius 1 is 0.425 bits per heavy atom. The van der Waals surface area contributed by atoms with Gasteiger partial charge in [0.05, 0.1) is 46.5 Å². The quantitative estimate of drug-likeness (QED) is 0.122. The van der Waals surface area contributed by atoms with Crippen molar-refractivity contribution in [1.82, 2.24) is 0 Å². The number of pyridine rings is 3. The van der Waals surface area contributed by atoms with Gasteiger partial charge in [-0.25, -0.2) is 18.5 Å². The number of hydrogen-bond acceptors (Lipinski definition) is 5. The maximum atomic E-state index is 9.88. The fourth-order valence-corrected chi connectivity index (χ4v) is 14.8. The molecule has 0 amide bonds. The molecule has 0 aliphatic heterocycles. The lowest BCUT2D eigenvalue weighted by atomic mass is 9.82. The molecule has 9 heteroatoms. The molecule has 3 aliphatic rings. The third-order valence-electron chi connectivity index (χ3n) is 19.4. The summed E-state index contributed by atoms with van der Waals surface area (Å²) in [6.07, 6.45) is 24.9. The molecular formula is C78H75N6O3+3. The Morgan fingerprint density at radius 2 is 0.862 bits per heavy atom. The Hall–Kier alpha value is -9.36. The molecule has 0 spiro atoms. The molecule has 15 rings (SSSR count). The Morgan fingerprint density at radius 3 is 1.37 bits per heavy atom. The molecule has 3 aliphatic carbocycles. The van der Waals surface area contributed by atoms with Crippen molar-refractivity contribution < 1.29 is 27.0 Å². The molecule has 0 N–H and O–H groups in total. The van der Waals surface area contributed by atoms with Crippen LogP contribution in [0.4, 0.5) is 5.69 Å². The topological polar surface area (TPSA) is 103 Å². The van der Waals surface area contributed by atoms with Gasteiger partial charge in [0.1, 0.15) is 54.6 Å². The van der Waals surface area contributed by atoms with Gasteiger partial charge >= 0.3 is 0 Å². The first kappa shape index (κ1) is 56.8. The van der Waals surface area contributed by atoms with Crippen molar-refractivity contribution in [3.05, 3.63) is 202 Å². The van der Waals surface area contributed by atoms with Gasteiger partial charge in [-0.3, -0.25) is 0 Å². The summed E-state index contributed by atoms with van der Waals surface area (Å²) in [6.45, 7) is 14.3. The van der Waals surface area contributed by atoms with E-state index in [0.717, 1.165) is 111 Å². The summed E-state index contributed by atoms with van der Waals surface area (Å²) >= 11 is 0. The summed E-state index contributed by atoms with van der Waals surface area (Å²) in [5.74, 6) is 1.52.